The summed E-state index contributed by atoms with van der Waals surface area (Å²) in [6.45, 7) is 3.19. The second-order valence-electron chi connectivity index (χ2n) is 7.31. The molecule has 3 aromatic rings. The molecular formula is C23H24O5. The van der Waals surface area contributed by atoms with Crippen LogP contribution in [-0.2, 0) is 4.74 Å². The van der Waals surface area contributed by atoms with Gasteiger partial charge in [0.1, 0.15) is 23.7 Å². The molecule has 146 valence electrons. The number of aliphatic hydroxyl groups is 1. The van der Waals surface area contributed by atoms with Crippen molar-refractivity contribution in [3.8, 4) is 17.1 Å². The van der Waals surface area contributed by atoms with Gasteiger partial charge in [0, 0.05) is 18.2 Å². The van der Waals surface area contributed by atoms with E-state index in [1.807, 2.05) is 43.3 Å². The van der Waals surface area contributed by atoms with Crippen LogP contribution in [0, 0.1) is 12.8 Å². The van der Waals surface area contributed by atoms with E-state index >= 15 is 0 Å². The van der Waals surface area contributed by atoms with Crippen LogP contribution in [0.1, 0.15) is 18.4 Å². The summed E-state index contributed by atoms with van der Waals surface area (Å²) >= 11 is 0. The maximum Gasteiger partial charge on any atom is 0.193 e. The van der Waals surface area contributed by atoms with Gasteiger partial charge in [0.05, 0.1) is 18.1 Å². The fraction of sp³-hybridized carbons (Fsp3) is 0.348. The number of para-hydroxylation sites is 1. The Morgan fingerprint density at radius 3 is 2.64 bits per heavy atom. The summed E-state index contributed by atoms with van der Waals surface area (Å²) in [6.07, 6.45) is 2.12. The van der Waals surface area contributed by atoms with Crippen LogP contribution in [0.25, 0.3) is 22.3 Å². The average molecular weight is 380 g/mol. The van der Waals surface area contributed by atoms with Gasteiger partial charge in [-0.15, -0.1) is 0 Å². The predicted octanol–water partition coefficient (Wildman–Crippen LogP) is 3.93. The van der Waals surface area contributed by atoms with E-state index in [2.05, 4.69) is 0 Å². The molecule has 28 heavy (non-hydrogen) atoms. The summed E-state index contributed by atoms with van der Waals surface area (Å²) in [5, 5.41) is 9.60. The van der Waals surface area contributed by atoms with Crippen LogP contribution >= 0.6 is 0 Å². The monoisotopic (exact) mass is 380 g/mol. The number of hydrogen-bond donors (Lipinski definition) is 1. The Hall–Kier alpha value is -2.63. The van der Waals surface area contributed by atoms with Crippen molar-refractivity contribution in [2.24, 2.45) is 5.92 Å². The first-order valence-corrected chi connectivity index (χ1v) is 9.63. The third-order valence-corrected chi connectivity index (χ3v) is 5.25. The summed E-state index contributed by atoms with van der Waals surface area (Å²) < 4.78 is 17.4. The van der Waals surface area contributed by atoms with Crippen LogP contribution in [0.3, 0.4) is 0 Å². The standard InChI is InChI=1S/C23H24O5/c1-15-3-2-4-20-21(25)13-22(28-23(15)20)17-5-7-18(8-6-17)26-9-10-27-19-11-16(12-19)14-24/h2-8,13,16,19,24H,9-12,14H2,1H3. The van der Waals surface area contributed by atoms with Gasteiger partial charge in [0.2, 0.25) is 0 Å². The number of rotatable bonds is 7. The van der Waals surface area contributed by atoms with Crippen molar-refractivity contribution in [1.29, 1.82) is 0 Å². The number of aliphatic hydroxyl groups excluding tert-OH is 1. The molecule has 0 aliphatic heterocycles. The lowest BCUT2D eigenvalue weighted by Crippen LogP contribution is -2.34. The fourth-order valence-corrected chi connectivity index (χ4v) is 3.51. The van der Waals surface area contributed by atoms with Gasteiger partial charge in [-0.05, 0) is 61.6 Å². The largest absolute Gasteiger partial charge is 0.491 e. The van der Waals surface area contributed by atoms with Crippen LogP contribution in [0.2, 0.25) is 0 Å². The summed E-state index contributed by atoms with van der Waals surface area (Å²) in [5.41, 5.74) is 2.35. The van der Waals surface area contributed by atoms with Crippen LogP contribution in [0.15, 0.2) is 57.7 Å². The molecule has 0 saturated heterocycles. The smallest absolute Gasteiger partial charge is 0.193 e. The van der Waals surface area contributed by atoms with E-state index in [9.17, 15) is 4.79 Å². The minimum atomic E-state index is -0.0446. The summed E-state index contributed by atoms with van der Waals surface area (Å²) in [5.74, 6) is 1.69. The Labute approximate surface area is 163 Å². The van der Waals surface area contributed by atoms with E-state index in [1.54, 1.807) is 6.07 Å². The van der Waals surface area contributed by atoms with E-state index < -0.39 is 0 Å². The molecule has 2 aromatic carbocycles. The lowest BCUT2D eigenvalue weighted by Gasteiger charge is -2.33. The Morgan fingerprint density at radius 1 is 1.11 bits per heavy atom. The molecule has 0 atom stereocenters. The molecule has 1 aliphatic rings. The molecule has 0 spiro atoms. The lowest BCUT2D eigenvalue weighted by molar-refractivity contribution is -0.0523. The average Bonchev–Trinajstić information content (AvgIpc) is 2.67. The highest BCUT2D eigenvalue weighted by atomic mass is 16.5. The molecule has 1 N–H and O–H groups in total. The third kappa shape index (κ3) is 3.96. The lowest BCUT2D eigenvalue weighted by atomic mass is 9.83. The SMILES string of the molecule is Cc1cccc2c(=O)cc(-c3ccc(OCCOC4CC(CO)C4)cc3)oc12. The molecular weight excluding hydrogens is 356 g/mol. The Kier molecular flexibility index (Phi) is 5.46. The highest BCUT2D eigenvalue weighted by molar-refractivity contribution is 5.81. The van der Waals surface area contributed by atoms with Gasteiger partial charge in [0.15, 0.2) is 5.43 Å². The number of ether oxygens (including phenoxy) is 2. The zero-order chi connectivity index (χ0) is 19.5. The maximum atomic E-state index is 12.4. The first kappa shape index (κ1) is 18.7. The van der Waals surface area contributed by atoms with Gasteiger partial charge in [0.25, 0.3) is 0 Å². The molecule has 1 fully saturated rings. The molecule has 5 heteroatoms. The van der Waals surface area contributed by atoms with Gasteiger partial charge in [-0.1, -0.05) is 12.1 Å². The molecule has 1 heterocycles. The zero-order valence-corrected chi connectivity index (χ0v) is 15.9. The first-order chi connectivity index (χ1) is 13.6. The first-order valence-electron chi connectivity index (χ1n) is 9.63. The summed E-state index contributed by atoms with van der Waals surface area (Å²) in [7, 11) is 0. The molecule has 4 rings (SSSR count). The van der Waals surface area contributed by atoms with Crippen molar-refractivity contribution >= 4 is 11.0 Å². The molecule has 1 saturated carbocycles. The van der Waals surface area contributed by atoms with Crippen molar-refractivity contribution in [3.05, 3.63) is 64.3 Å². The van der Waals surface area contributed by atoms with E-state index in [0.29, 0.717) is 35.9 Å². The van der Waals surface area contributed by atoms with Gasteiger partial charge in [-0.3, -0.25) is 4.79 Å². The van der Waals surface area contributed by atoms with Crippen LogP contribution in [0.5, 0.6) is 5.75 Å². The van der Waals surface area contributed by atoms with Crippen molar-refractivity contribution in [1.82, 2.24) is 0 Å². The minimum Gasteiger partial charge on any atom is -0.491 e. The highest BCUT2D eigenvalue weighted by Gasteiger charge is 2.28. The molecule has 0 amide bonds. The number of fused-ring (bicyclic) bond motifs is 1. The topological polar surface area (TPSA) is 68.9 Å². The van der Waals surface area contributed by atoms with E-state index in [4.69, 9.17) is 19.0 Å². The van der Waals surface area contributed by atoms with E-state index in [0.717, 1.165) is 29.7 Å². The number of aryl methyl sites for hydroxylation is 1. The van der Waals surface area contributed by atoms with Crippen LogP contribution in [0.4, 0.5) is 0 Å². The third-order valence-electron chi connectivity index (χ3n) is 5.25. The minimum absolute atomic E-state index is 0.0446. The van der Waals surface area contributed by atoms with Crippen LogP contribution in [-0.4, -0.2) is 31.0 Å². The quantitative estimate of drug-likeness (QED) is 0.629. The van der Waals surface area contributed by atoms with Crippen LogP contribution < -0.4 is 10.2 Å². The molecule has 1 aliphatic carbocycles. The molecule has 5 nitrogen and oxygen atoms in total. The van der Waals surface area contributed by atoms with Crippen molar-refractivity contribution in [2.75, 3.05) is 19.8 Å². The van der Waals surface area contributed by atoms with Gasteiger partial charge < -0.3 is 19.0 Å². The second-order valence-corrected chi connectivity index (χ2v) is 7.31. The normalized spacial score (nSPS) is 18.8. The maximum absolute atomic E-state index is 12.4. The second kappa shape index (κ2) is 8.17. The van der Waals surface area contributed by atoms with Crippen molar-refractivity contribution in [2.45, 2.75) is 25.9 Å². The highest BCUT2D eigenvalue weighted by Crippen LogP contribution is 2.29. The van der Waals surface area contributed by atoms with Crippen molar-refractivity contribution in [3.63, 3.8) is 0 Å². The Morgan fingerprint density at radius 2 is 1.89 bits per heavy atom. The van der Waals surface area contributed by atoms with Gasteiger partial charge >= 0.3 is 0 Å². The molecule has 0 radical (unpaired) electrons. The number of benzene rings is 2. The Balaban J connectivity index is 1.37. The fourth-order valence-electron chi connectivity index (χ4n) is 3.51. The number of hydrogen-bond acceptors (Lipinski definition) is 5. The van der Waals surface area contributed by atoms with Crippen molar-refractivity contribution < 1.29 is 19.0 Å². The van der Waals surface area contributed by atoms with Gasteiger partial charge in [-0.2, -0.15) is 0 Å². The molecule has 0 unspecified atom stereocenters. The van der Waals surface area contributed by atoms with Gasteiger partial charge in [-0.25, -0.2) is 0 Å². The molecule has 1 aromatic heterocycles. The predicted molar refractivity (Wildman–Crippen MR) is 108 cm³/mol. The summed E-state index contributed by atoms with van der Waals surface area (Å²) in [6, 6.07) is 14.6. The zero-order valence-electron chi connectivity index (χ0n) is 15.9. The van der Waals surface area contributed by atoms with E-state index in [-0.39, 0.29) is 18.1 Å². The molecule has 0 bridgehead atoms. The summed E-state index contributed by atoms with van der Waals surface area (Å²) in [4.78, 5) is 12.4. The van der Waals surface area contributed by atoms with E-state index in [1.165, 1.54) is 6.07 Å². The Bertz CT molecular complexity index is 1000.